The largest absolute Gasteiger partial charge is 0.490 e. The van der Waals surface area contributed by atoms with Gasteiger partial charge in [-0.2, -0.15) is 0 Å². The Labute approximate surface area is 105 Å². The second kappa shape index (κ2) is 6.06. The Morgan fingerprint density at radius 2 is 1.71 bits per heavy atom. The first-order valence-electron chi connectivity index (χ1n) is 6.46. The maximum atomic E-state index is 5.99. The third kappa shape index (κ3) is 4.04. The molecule has 2 N–H and O–H groups in total. The zero-order valence-electron chi connectivity index (χ0n) is 11.7. The van der Waals surface area contributed by atoms with Crippen LogP contribution in [0.15, 0.2) is 12.1 Å². The van der Waals surface area contributed by atoms with E-state index in [1.165, 1.54) is 16.7 Å². The van der Waals surface area contributed by atoms with E-state index < -0.39 is 0 Å². The molecule has 0 aromatic heterocycles. The summed E-state index contributed by atoms with van der Waals surface area (Å²) in [6, 6.07) is 4.64. The minimum atomic E-state index is 0.219. The lowest BCUT2D eigenvalue weighted by Crippen LogP contribution is -2.21. The zero-order chi connectivity index (χ0) is 13.0. The van der Waals surface area contributed by atoms with Crippen molar-refractivity contribution in [1.82, 2.24) is 0 Å². The summed E-state index contributed by atoms with van der Waals surface area (Å²) >= 11 is 0. The van der Waals surface area contributed by atoms with Gasteiger partial charge in [0.2, 0.25) is 0 Å². The molecule has 0 radical (unpaired) electrons. The van der Waals surface area contributed by atoms with Crippen LogP contribution in [-0.2, 0) is 6.42 Å². The van der Waals surface area contributed by atoms with Gasteiger partial charge in [0, 0.05) is 6.04 Å². The van der Waals surface area contributed by atoms with E-state index in [4.69, 9.17) is 10.5 Å². The van der Waals surface area contributed by atoms with Gasteiger partial charge in [0.05, 0.1) is 6.10 Å². The predicted octanol–water partition coefficient (Wildman–Crippen LogP) is 3.37. The molecule has 0 heterocycles. The topological polar surface area (TPSA) is 35.2 Å². The second-order valence-corrected chi connectivity index (χ2v) is 5.10. The van der Waals surface area contributed by atoms with Crippen LogP contribution in [0.4, 0.5) is 0 Å². The summed E-state index contributed by atoms with van der Waals surface area (Å²) in [6.45, 7) is 10.4. The van der Waals surface area contributed by atoms with Crippen LogP contribution in [-0.4, -0.2) is 12.1 Å². The van der Waals surface area contributed by atoms with Gasteiger partial charge in [0.25, 0.3) is 0 Å². The highest BCUT2D eigenvalue weighted by Crippen LogP contribution is 2.26. The lowest BCUT2D eigenvalue weighted by molar-refractivity contribution is 0.239. The van der Waals surface area contributed by atoms with Crippen LogP contribution in [0.1, 0.15) is 43.9 Å². The molecule has 0 bridgehead atoms. The van der Waals surface area contributed by atoms with Crippen molar-refractivity contribution in [1.29, 1.82) is 0 Å². The van der Waals surface area contributed by atoms with Crippen LogP contribution >= 0.6 is 0 Å². The van der Waals surface area contributed by atoms with Crippen molar-refractivity contribution in [2.75, 3.05) is 0 Å². The molecule has 0 spiro atoms. The van der Waals surface area contributed by atoms with Crippen LogP contribution in [0.5, 0.6) is 5.75 Å². The van der Waals surface area contributed by atoms with Gasteiger partial charge in [-0.15, -0.1) is 0 Å². The molecule has 96 valence electrons. The monoisotopic (exact) mass is 235 g/mol. The number of benzene rings is 1. The first-order valence-corrected chi connectivity index (χ1v) is 6.46. The van der Waals surface area contributed by atoms with Crippen LogP contribution in [0.2, 0.25) is 0 Å². The van der Waals surface area contributed by atoms with E-state index in [-0.39, 0.29) is 12.1 Å². The van der Waals surface area contributed by atoms with Gasteiger partial charge in [-0.25, -0.2) is 0 Å². The number of hydrogen-bond acceptors (Lipinski definition) is 2. The van der Waals surface area contributed by atoms with E-state index in [1.54, 1.807) is 0 Å². The van der Waals surface area contributed by atoms with Gasteiger partial charge >= 0.3 is 0 Å². The average Bonchev–Trinajstić information content (AvgIpc) is 2.23. The Morgan fingerprint density at radius 3 is 2.12 bits per heavy atom. The van der Waals surface area contributed by atoms with Crippen molar-refractivity contribution in [2.24, 2.45) is 5.73 Å². The van der Waals surface area contributed by atoms with E-state index >= 15 is 0 Å². The number of aryl methyl sites for hydroxylation is 2. The van der Waals surface area contributed by atoms with Crippen molar-refractivity contribution in [3.05, 3.63) is 28.8 Å². The third-order valence-electron chi connectivity index (χ3n) is 2.90. The van der Waals surface area contributed by atoms with Crippen LogP contribution in [0.25, 0.3) is 0 Å². The molecule has 1 unspecified atom stereocenters. The normalized spacial score (nSPS) is 12.9. The van der Waals surface area contributed by atoms with E-state index in [2.05, 4.69) is 46.8 Å². The van der Waals surface area contributed by atoms with E-state index in [0.29, 0.717) is 0 Å². The molecular formula is C15H25NO. The Balaban J connectivity index is 2.92. The number of ether oxygens (including phenoxy) is 1. The fourth-order valence-corrected chi connectivity index (χ4v) is 2.03. The second-order valence-electron chi connectivity index (χ2n) is 5.10. The Bertz CT molecular complexity index is 348. The first kappa shape index (κ1) is 14.0. The van der Waals surface area contributed by atoms with Gasteiger partial charge < -0.3 is 10.5 Å². The minimum absolute atomic E-state index is 0.219. The quantitative estimate of drug-likeness (QED) is 0.849. The van der Waals surface area contributed by atoms with Crippen molar-refractivity contribution in [3.63, 3.8) is 0 Å². The Morgan fingerprint density at radius 1 is 1.18 bits per heavy atom. The highest BCUT2D eigenvalue weighted by Gasteiger charge is 2.09. The van der Waals surface area contributed by atoms with Gasteiger partial charge in [-0.05, 0) is 57.2 Å². The summed E-state index contributed by atoms with van der Waals surface area (Å²) < 4.78 is 5.83. The maximum absolute atomic E-state index is 5.99. The SMILES string of the molecule is CCC(N)Cc1cc(C)c(OC(C)C)c(C)c1. The summed E-state index contributed by atoms with van der Waals surface area (Å²) in [4.78, 5) is 0. The van der Waals surface area contributed by atoms with Crippen LogP contribution in [0.3, 0.4) is 0 Å². The molecular weight excluding hydrogens is 210 g/mol. The summed E-state index contributed by atoms with van der Waals surface area (Å²) in [5.74, 6) is 1.02. The molecule has 0 saturated carbocycles. The molecule has 0 saturated heterocycles. The van der Waals surface area contributed by atoms with Crippen LogP contribution in [0, 0.1) is 13.8 Å². The fraction of sp³-hybridized carbons (Fsp3) is 0.600. The van der Waals surface area contributed by atoms with E-state index in [9.17, 15) is 0 Å². The van der Waals surface area contributed by atoms with Crippen molar-refractivity contribution in [3.8, 4) is 5.75 Å². The first-order chi connectivity index (χ1) is 7.93. The van der Waals surface area contributed by atoms with E-state index in [0.717, 1.165) is 18.6 Å². The van der Waals surface area contributed by atoms with Gasteiger partial charge in [0.15, 0.2) is 0 Å². The predicted molar refractivity (Wildman–Crippen MR) is 73.7 cm³/mol. The number of hydrogen-bond donors (Lipinski definition) is 1. The highest BCUT2D eigenvalue weighted by atomic mass is 16.5. The smallest absolute Gasteiger partial charge is 0.125 e. The lowest BCUT2D eigenvalue weighted by atomic mass is 9.99. The van der Waals surface area contributed by atoms with Gasteiger partial charge in [0.1, 0.15) is 5.75 Å². The summed E-state index contributed by atoms with van der Waals surface area (Å²) in [5.41, 5.74) is 9.71. The molecule has 1 aromatic carbocycles. The highest BCUT2D eigenvalue weighted by molar-refractivity contribution is 5.43. The molecule has 1 aromatic rings. The van der Waals surface area contributed by atoms with Crippen molar-refractivity contribution in [2.45, 2.75) is 59.6 Å². The molecule has 0 amide bonds. The maximum Gasteiger partial charge on any atom is 0.125 e. The van der Waals surface area contributed by atoms with Gasteiger partial charge in [-0.1, -0.05) is 19.1 Å². The summed E-state index contributed by atoms with van der Waals surface area (Å²) in [7, 11) is 0. The molecule has 2 heteroatoms. The minimum Gasteiger partial charge on any atom is -0.490 e. The third-order valence-corrected chi connectivity index (χ3v) is 2.90. The van der Waals surface area contributed by atoms with Crippen molar-refractivity contribution < 1.29 is 4.74 Å². The molecule has 0 fully saturated rings. The fourth-order valence-electron chi connectivity index (χ4n) is 2.03. The molecule has 0 aliphatic heterocycles. The lowest BCUT2D eigenvalue weighted by Gasteiger charge is -2.17. The molecule has 17 heavy (non-hydrogen) atoms. The number of nitrogens with two attached hydrogens (primary N) is 1. The Hall–Kier alpha value is -1.02. The molecule has 1 atom stereocenters. The van der Waals surface area contributed by atoms with Crippen LogP contribution < -0.4 is 10.5 Å². The average molecular weight is 235 g/mol. The number of rotatable bonds is 5. The van der Waals surface area contributed by atoms with Gasteiger partial charge in [-0.3, -0.25) is 0 Å². The standard InChI is InChI=1S/C15H25NO/c1-6-14(16)9-13-7-11(4)15(12(5)8-13)17-10(2)3/h7-8,10,14H,6,9,16H2,1-5H3. The summed E-state index contributed by atoms with van der Waals surface area (Å²) in [5, 5.41) is 0. The summed E-state index contributed by atoms with van der Waals surface area (Å²) in [6.07, 6.45) is 2.18. The molecule has 0 aliphatic rings. The molecule has 2 nitrogen and oxygen atoms in total. The molecule has 0 aliphatic carbocycles. The molecule has 1 rings (SSSR count). The van der Waals surface area contributed by atoms with E-state index in [1.807, 2.05) is 0 Å². The van der Waals surface area contributed by atoms with Crippen molar-refractivity contribution >= 4 is 0 Å². The Kier molecular flexibility index (Phi) is 5.01. The zero-order valence-corrected chi connectivity index (χ0v) is 11.7.